The Labute approximate surface area is 139 Å². The van der Waals surface area contributed by atoms with Gasteiger partial charge in [0.1, 0.15) is 5.75 Å². The summed E-state index contributed by atoms with van der Waals surface area (Å²) in [4.78, 5) is 25.7. The molecule has 0 radical (unpaired) electrons. The van der Waals surface area contributed by atoms with Crippen LogP contribution in [0.3, 0.4) is 0 Å². The molecule has 2 aromatic rings. The highest BCUT2D eigenvalue weighted by molar-refractivity contribution is 7.18. The zero-order valence-electron chi connectivity index (χ0n) is 13.5. The molecule has 0 saturated heterocycles. The van der Waals surface area contributed by atoms with Gasteiger partial charge >= 0.3 is 0 Å². The molecule has 5 nitrogen and oxygen atoms in total. The van der Waals surface area contributed by atoms with Crippen molar-refractivity contribution in [2.75, 3.05) is 19.0 Å². The molecule has 0 fully saturated rings. The predicted octanol–water partition coefficient (Wildman–Crippen LogP) is 3.38. The molecule has 0 saturated carbocycles. The van der Waals surface area contributed by atoms with Crippen LogP contribution in [0, 0.1) is 0 Å². The van der Waals surface area contributed by atoms with Crippen molar-refractivity contribution in [3.05, 3.63) is 46.8 Å². The van der Waals surface area contributed by atoms with Crippen molar-refractivity contribution in [1.82, 2.24) is 4.90 Å². The van der Waals surface area contributed by atoms with Crippen LogP contribution in [0.5, 0.6) is 5.75 Å². The molecule has 0 unspecified atom stereocenters. The Morgan fingerprint density at radius 1 is 1.17 bits per heavy atom. The van der Waals surface area contributed by atoms with Crippen molar-refractivity contribution >= 4 is 28.2 Å². The summed E-state index contributed by atoms with van der Waals surface area (Å²) in [6.07, 6.45) is 0. The largest absolute Gasteiger partial charge is 0.494 e. The number of ether oxygens (including phenoxy) is 1. The number of carbonyl (C=O) groups excluding carboxylic acids is 2. The van der Waals surface area contributed by atoms with E-state index in [2.05, 4.69) is 5.32 Å². The van der Waals surface area contributed by atoms with Crippen molar-refractivity contribution in [1.29, 1.82) is 0 Å². The third-order valence-corrected chi connectivity index (χ3v) is 4.11. The molecule has 0 aliphatic heterocycles. The number of hydrogen-bond acceptors (Lipinski definition) is 4. The Morgan fingerprint density at radius 2 is 1.87 bits per heavy atom. The van der Waals surface area contributed by atoms with Gasteiger partial charge in [0.25, 0.3) is 5.91 Å². The van der Waals surface area contributed by atoms with Crippen molar-refractivity contribution in [3.63, 3.8) is 0 Å². The van der Waals surface area contributed by atoms with Gasteiger partial charge in [-0.1, -0.05) is 12.1 Å². The van der Waals surface area contributed by atoms with E-state index in [9.17, 15) is 9.59 Å². The van der Waals surface area contributed by atoms with Crippen LogP contribution < -0.4 is 10.1 Å². The summed E-state index contributed by atoms with van der Waals surface area (Å²) in [5, 5.41) is 3.36. The topological polar surface area (TPSA) is 58.6 Å². The maximum absolute atomic E-state index is 12.4. The normalized spacial score (nSPS) is 10.2. The van der Waals surface area contributed by atoms with Gasteiger partial charge in [-0.05, 0) is 36.8 Å². The highest BCUT2D eigenvalue weighted by atomic mass is 32.1. The zero-order valence-corrected chi connectivity index (χ0v) is 14.3. The van der Waals surface area contributed by atoms with E-state index in [0.29, 0.717) is 23.0 Å². The van der Waals surface area contributed by atoms with Crippen molar-refractivity contribution in [3.8, 4) is 5.75 Å². The molecule has 1 N–H and O–H groups in total. The van der Waals surface area contributed by atoms with Gasteiger partial charge in [-0.15, -0.1) is 11.3 Å². The lowest BCUT2D eigenvalue weighted by Crippen LogP contribution is -2.25. The van der Waals surface area contributed by atoms with Gasteiger partial charge in [-0.25, -0.2) is 0 Å². The third kappa shape index (κ3) is 4.82. The van der Waals surface area contributed by atoms with Crippen LogP contribution in [0.25, 0.3) is 0 Å². The van der Waals surface area contributed by atoms with Crippen LogP contribution in [0.4, 0.5) is 5.00 Å². The van der Waals surface area contributed by atoms with Crippen LogP contribution in [-0.2, 0) is 11.3 Å². The zero-order chi connectivity index (χ0) is 16.8. The van der Waals surface area contributed by atoms with E-state index < -0.39 is 0 Å². The van der Waals surface area contributed by atoms with Crippen molar-refractivity contribution in [2.24, 2.45) is 0 Å². The van der Waals surface area contributed by atoms with Gasteiger partial charge in [0.2, 0.25) is 5.91 Å². The maximum atomic E-state index is 12.4. The molecule has 1 aromatic carbocycles. The van der Waals surface area contributed by atoms with Crippen molar-refractivity contribution < 1.29 is 14.3 Å². The van der Waals surface area contributed by atoms with Crippen LogP contribution >= 0.6 is 11.3 Å². The van der Waals surface area contributed by atoms with E-state index in [1.807, 2.05) is 31.2 Å². The second-order valence-corrected chi connectivity index (χ2v) is 6.17. The first kappa shape index (κ1) is 17.0. The summed E-state index contributed by atoms with van der Waals surface area (Å²) in [5.41, 5.74) is 1.03. The molecule has 2 amide bonds. The molecule has 1 heterocycles. The number of nitrogens with zero attached hydrogens (tertiary/aromatic N) is 1. The number of nitrogens with one attached hydrogen (secondary N) is 1. The highest BCUT2D eigenvalue weighted by Crippen LogP contribution is 2.23. The lowest BCUT2D eigenvalue weighted by molar-refractivity contribution is -0.114. The number of thiophene rings is 1. The molecule has 0 aliphatic carbocycles. The Hall–Kier alpha value is -2.34. The Bertz CT molecular complexity index is 679. The second-order valence-electron chi connectivity index (χ2n) is 5.08. The van der Waals surface area contributed by atoms with Gasteiger partial charge in [-0.3, -0.25) is 9.59 Å². The van der Waals surface area contributed by atoms with E-state index in [0.717, 1.165) is 11.3 Å². The Morgan fingerprint density at radius 3 is 2.48 bits per heavy atom. The molecule has 6 heteroatoms. The number of rotatable bonds is 6. The SMILES string of the molecule is CCOc1ccc(CN(C)C(=O)c2ccc(NC(C)=O)s2)cc1. The first-order valence-electron chi connectivity index (χ1n) is 7.34. The number of benzene rings is 1. The minimum atomic E-state index is -0.145. The monoisotopic (exact) mass is 332 g/mol. The molecule has 2 rings (SSSR count). The first-order chi connectivity index (χ1) is 11.0. The standard InChI is InChI=1S/C17H20N2O3S/c1-4-22-14-7-5-13(6-8-14)11-19(3)17(21)15-9-10-16(23-15)18-12(2)20/h5-10H,4,11H2,1-3H3,(H,18,20). The molecule has 23 heavy (non-hydrogen) atoms. The summed E-state index contributed by atoms with van der Waals surface area (Å²) in [6.45, 7) is 4.53. The summed E-state index contributed by atoms with van der Waals surface area (Å²) < 4.78 is 5.40. The van der Waals surface area contributed by atoms with Gasteiger partial charge in [-0.2, -0.15) is 0 Å². The van der Waals surface area contributed by atoms with E-state index >= 15 is 0 Å². The van der Waals surface area contributed by atoms with Gasteiger partial charge in [0.05, 0.1) is 16.5 Å². The summed E-state index contributed by atoms with van der Waals surface area (Å²) in [5.74, 6) is 0.609. The lowest BCUT2D eigenvalue weighted by atomic mass is 10.2. The minimum absolute atomic E-state index is 0.0690. The summed E-state index contributed by atoms with van der Waals surface area (Å²) >= 11 is 1.27. The average Bonchev–Trinajstić information content (AvgIpc) is 2.96. The first-order valence-corrected chi connectivity index (χ1v) is 8.16. The van der Waals surface area contributed by atoms with E-state index in [1.54, 1.807) is 24.1 Å². The van der Waals surface area contributed by atoms with Crippen LogP contribution in [0.2, 0.25) is 0 Å². The highest BCUT2D eigenvalue weighted by Gasteiger charge is 2.15. The average molecular weight is 332 g/mol. The molecule has 0 aliphatic rings. The fraction of sp³-hybridized carbons (Fsp3) is 0.294. The Balaban J connectivity index is 1.99. The smallest absolute Gasteiger partial charge is 0.264 e. The quantitative estimate of drug-likeness (QED) is 0.882. The van der Waals surface area contributed by atoms with Gasteiger partial charge in [0, 0.05) is 20.5 Å². The predicted molar refractivity (Wildman–Crippen MR) is 92.0 cm³/mol. The lowest BCUT2D eigenvalue weighted by Gasteiger charge is -2.16. The van der Waals surface area contributed by atoms with Crippen LogP contribution in [-0.4, -0.2) is 30.4 Å². The van der Waals surface area contributed by atoms with E-state index in [-0.39, 0.29) is 11.8 Å². The maximum Gasteiger partial charge on any atom is 0.264 e. The van der Waals surface area contributed by atoms with Gasteiger partial charge < -0.3 is 15.0 Å². The molecular weight excluding hydrogens is 312 g/mol. The third-order valence-electron chi connectivity index (χ3n) is 3.12. The molecule has 0 spiro atoms. The van der Waals surface area contributed by atoms with E-state index in [1.165, 1.54) is 18.3 Å². The number of carbonyl (C=O) groups is 2. The number of anilines is 1. The molecule has 0 atom stereocenters. The Kier molecular flexibility index (Phi) is 5.76. The van der Waals surface area contributed by atoms with E-state index in [4.69, 9.17) is 4.74 Å². The van der Waals surface area contributed by atoms with Crippen LogP contribution in [0.15, 0.2) is 36.4 Å². The number of amides is 2. The molecule has 0 bridgehead atoms. The fourth-order valence-electron chi connectivity index (χ4n) is 2.09. The molecule has 122 valence electrons. The van der Waals surface area contributed by atoms with Gasteiger partial charge in [0.15, 0.2) is 0 Å². The number of hydrogen-bond donors (Lipinski definition) is 1. The molecule has 1 aromatic heterocycles. The summed E-state index contributed by atoms with van der Waals surface area (Å²) in [7, 11) is 1.76. The fourth-order valence-corrected chi connectivity index (χ4v) is 3.03. The second kappa shape index (κ2) is 7.78. The van der Waals surface area contributed by atoms with Crippen molar-refractivity contribution in [2.45, 2.75) is 20.4 Å². The van der Waals surface area contributed by atoms with Crippen LogP contribution in [0.1, 0.15) is 29.1 Å². The molecular formula is C17H20N2O3S. The summed E-state index contributed by atoms with van der Waals surface area (Å²) in [6, 6.07) is 11.2. The minimum Gasteiger partial charge on any atom is -0.494 e.